The number of rotatable bonds is 5. The van der Waals surface area contributed by atoms with E-state index in [1.165, 1.54) is 0 Å². The van der Waals surface area contributed by atoms with Gasteiger partial charge in [0.05, 0.1) is 5.02 Å². The van der Waals surface area contributed by atoms with E-state index in [1.807, 2.05) is 38.1 Å². The molecule has 2 aromatic carbocycles. The van der Waals surface area contributed by atoms with Gasteiger partial charge in [-0.25, -0.2) is 0 Å². The number of amides is 1. The lowest BCUT2D eigenvalue weighted by molar-refractivity contribution is -0.118. The molecule has 3 aliphatic rings. The number of carbonyl (C=O) groups is 3. The summed E-state index contributed by atoms with van der Waals surface area (Å²) in [5, 5.41) is 6.63. The van der Waals surface area contributed by atoms with E-state index in [0.717, 1.165) is 59.5 Å². The third kappa shape index (κ3) is 4.70. The second-order valence-corrected chi connectivity index (χ2v) is 10.1. The fourth-order valence-electron chi connectivity index (χ4n) is 5.33. The zero-order valence-electron chi connectivity index (χ0n) is 20.5. The van der Waals surface area contributed by atoms with Gasteiger partial charge in [-0.3, -0.25) is 14.4 Å². The van der Waals surface area contributed by atoms with Crippen molar-refractivity contribution < 1.29 is 19.1 Å². The summed E-state index contributed by atoms with van der Waals surface area (Å²) in [6, 6.07) is 11.2. The molecule has 7 heteroatoms. The van der Waals surface area contributed by atoms with Gasteiger partial charge >= 0.3 is 0 Å². The van der Waals surface area contributed by atoms with Gasteiger partial charge in [-0.05, 0) is 74.4 Å². The first-order valence-corrected chi connectivity index (χ1v) is 12.8. The van der Waals surface area contributed by atoms with Crippen LogP contribution in [0, 0.1) is 13.8 Å². The van der Waals surface area contributed by atoms with Crippen LogP contribution in [-0.2, 0) is 14.4 Å². The van der Waals surface area contributed by atoms with Crippen LogP contribution in [0.2, 0.25) is 5.02 Å². The highest BCUT2D eigenvalue weighted by atomic mass is 35.5. The van der Waals surface area contributed by atoms with Crippen LogP contribution in [0.1, 0.15) is 61.1 Å². The fourth-order valence-corrected chi connectivity index (χ4v) is 5.57. The Morgan fingerprint density at radius 3 is 2.28 bits per heavy atom. The van der Waals surface area contributed by atoms with Gasteiger partial charge in [0, 0.05) is 47.0 Å². The van der Waals surface area contributed by atoms with Gasteiger partial charge in [-0.2, -0.15) is 0 Å². The number of aryl methyl sites for hydroxylation is 2. The van der Waals surface area contributed by atoms with E-state index in [0.29, 0.717) is 34.8 Å². The number of ketones is 2. The Balaban J connectivity index is 1.38. The Morgan fingerprint density at radius 1 is 0.972 bits per heavy atom. The minimum Gasteiger partial charge on any atom is -0.482 e. The van der Waals surface area contributed by atoms with Gasteiger partial charge in [0.2, 0.25) is 0 Å². The van der Waals surface area contributed by atoms with Crippen molar-refractivity contribution in [1.29, 1.82) is 0 Å². The molecule has 0 unspecified atom stereocenters. The first kappa shape index (κ1) is 24.3. The molecule has 2 aliphatic carbocycles. The van der Waals surface area contributed by atoms with E-state index < -0.39 is 5.92 Å². The Labute approximate surface area is 215 Å². The number of nitrogens with one attached hydrogen (secondary N) is 2. The number of allylic oxidation sites excluding steroid dienone is 4. The van der Waals surface area contributed by atoms with Gasteiger partial charge in [0.15, 0.2) is 18.2 Å². The van der Waals surface area contributed by atoms with Crippen molar-refractivity contribution >= 4 is 34.8 Å². The van der Waals surface area contributed by atoms with Crippen molar-refractivity contribution in [2.75, 3.05) is 11.9 Å². The van der Waals surface area contributed by atoms with E-state index >= 15 is 0 Å². The second kappa shape index (κ2) is 9.94. The molecule has 36 heavy (non-hydrogen) atoms. The SMILES string of the molecule is Cc1ccc(C)c(NC(=O)COc2ccc(C3C4=C(CCCC4=O)NC4=C3C(=O)CCC4)cc2Cl)c1. The molecular formula is C29H29ClN2O4. The summed E-state index contributed by atoms with van der Waals surface area (Å²) in [7, 11) is 0. The summed E-state index contributed by atoms with van der Waals surface area (Å²) >= 11 is 6.59. The Bertz CT molecular complexity index is 1300. The maximum absolute atomic E-state index is 13.0. The van der Waals surface area contributed by atoms with E-state index in [4.69, 9.17) is 16.3 Å². The number of ether oxygens (including phenoxy) is 1. The first-order valence-electron chi connectivity index (χ1n) is 12.4. The number of halogens is 1. The van der Waals surface area contributed by atoms with E-state index in [9.17, 15) is 14.4 Å². The highest BCUT2D eigenvalue weighted by Crippen LogP contribution is 2.46. The molecule has 2 N–H and O–H groups in total. The third-order valence-corrected chi connectivity index (χ3v) is 7.40. The average Bonchev–Trinajstić information content (AvgIpc) is 2.84. The average molecular weight is 505 g/mol. The molecule has 0 spiro atoms. The lowest BCUT2D eigenvalue weighted by atomic mass is 9.71. The van der Waals surface area contributed by atoms with Gasteiger partial charge in [-0.1, -0.05) is 29.8 Å². The maximum atomic E-state index is 13.0. The Hall–Kier alpha value is -3.38. The Kier molecular flexibility index (Phi) is 6.71. The molecule has 2 aromatic rings. The number of dihydropyridines is 1. The van der Waals surface area contributed by atoms with Crippen LogP contribution in [0.3, 0.4) is 0 Å². The van der Waals surface area contributed by atoms with Crippen LogP contribution in [-0.4, -0.2) is 24.1 Å². The summed E-state index contributed by atoms with van der Waals surface area (Å²) in [6.07, 6.45) is 4.19. The number of Topliss-reactive ketones (excluding diaryl/α,β-unsaturated/α-hetero) is 2. The smallest absolute Gasteiger partial charge is 0.262 e. The minimum atomic E-state index is -0.420. The number of hydrogen-bond donors (Lipinski definition) is 2. The predicted molar refractivity (Wildman–Crippen MR) is 139 cm³/mol. The molecule has 0 fully saturated rings. The maximum Gasteiger partial charge on any atom is 0.262 e. The largest absolute Gasteiger partial charge is 0.482 e. The quantitative estimate of drug-likeness (QED) is 0.547. The molecule has 0 radical (unpaired) electrons. The third-order valence-electron chi connectivity index (χ3n) is 7.11. The summed E-state index contributed by atoms with van der Waals surface area (Å²) < 4.78 is 5.72. The highest BCUT2D eigenvalue weighted by molar-refractivity contribution is 6.32. The molecule has 186 valence electrons. The zero-order chi connectivity index (χ0) is 25.4. The lowest BCUT2D eigenvalue weighted by Gasteiger charge is -2.37. The Morgan fingerprint density at radius 2 is 1.64 bits per heavy atom. The number of carbonyl (C=O) groups excluding carboxylic acids is 3. The van der Waals surface area contributed by atoms with Crippen LogP contribution in [0.25, 0.3) is 0 Å². The molecule has 1 aliphatic heterocycles. The van der Waals surface area contributed by atoms with Gasteiger partial charge < -0.3 is 15.4 Å². The van der Waals surface area contributed by atoms with Gasteiger partial charge in [-0.15, -0.1) is 0 Å². The lowest BCUT2D eigenvalue weighted by Crippen LogP contribution is -2.36. The fraction of sp³-hybridized carbons (Fsp3) is 0.345. The number of hydrogen-bond acceptors (Lipinski definition) is 5. The molecule has 0 atom stereocenters. The first-order chi connectivity index (χ1) is 17.3. The van der Waals surface area contributed by atoms with Crippen molar-refractivity contribution in [2.45, 2.75) is 58.3 Å². The molecule has 0 saturated heterocycles. The summed E-state index contributed by atoms with van der Waals surface area (Å²) in [4.78, 5) is 38.5. The predicted octanol–water partition coefficient (Wildman–Crippen LogP) is 5.68. The van der Waals surface area contributed by atoms with Gasteiger partial charge in [0.25, 0.3) is 5.91 Å². The molecule has 0 saturated carbocycles. The monoisotopic (exact) mass is 504 g/mol. The van der Waals surface area contributed by atoms with Crippen molar-refractivity contribution in [3.8, 4) is 5.75 Å². The summed E-state index contributed by atoms with van der Waals surface area (Å²) in [6.45, 7) is 3.71. The van der Waals surface area contributed by atoms with Crippen LogP contribution >= 0.6 is 11.6 Å². The topological polar surface area (TPSA) is 84.5 Å². The van der Waals surface area contributed by atoms with E-state index in [2.05, 4.69) is 10.6 Å². The second-order valence-electron chi connectivity index (χ2n) is 9.74. The van der Waals surface area contributed by atoms with Gasteiger partial charge in [0.1, 0.15) is 5.75 Å². The standard InChI is InChI=1S/C29H29ClN2O4/c1-16-9-10-17(2)22(13-16)32-26(35)15-36-25-12-11-18(14-19(25)30)27-28-20(5-3-7-23(28)33)31-21-6-4-8-24(34)29(21)27/h9-14,27,31H,3-8,15H2,1-2H3,(H,32,35). The molecule has 0 bridgehead atoms. The normalized spacial score (nSPS) is 18.0. The number of benzene rings is 2. The zero-order valence-corrected chi connectivity index (χ0v) is 21.3. The molecule has 1 amide bonds. The molecule has 1 heterocycles. The van der Waals surface area contributed by atoms with Crippen LogP contribution in [0.5, 0.6) is 5.75 Å². The van der Waals surface area contributed by atoms with Crippen molar-refractivity contribution in [3.05, 3.63) is 80.7 Å². The van der Waals surface area contributed by atoms with E-state index in [-0.39, 0.29) is 24.1 Å². The van der Waals surface area contributed by atoms with Crippen LogP contribution in [0.4, 0.5) is 5.69 Å². The summed E-state index contributed by atoms with van der Waals surface area (Å²) in [5.41, 5.74) is 6.81. The number of anilines is 1. The highest BCUT2D eigenvalue weighted by Gasteiger charge is 2.40. The van der Waals surface area contributed by atoms with Crippen molar-refractivity contribution in [3.63, 3.8) is 0 Å². The van der Waals surface area contributed by atoms with Crippen molar-refractivity contribution in [2.24, 2.45) is 0 Å². The summed E-state index contributed by atoms with van der Waals surface area (Å²) in [5.74, 6) is -0.168. The molecule has 0 aromatic heterocycles. The van der Waals surface area contributed by atoms with Crippen LogP contribution in [0.15, 0.2) is 58.9 Å². The molecule has 6 nitrogen and oxygen atoms in total. The minimum absolute atomic E-state index is 0.0817. The van der Waals surface area contributed by atoms with Crippen molar-refractivity contribution in [1.82, 2.24) is 5.32 Å². The molecule has 5 rings (SSSR count). The van der Waals surface area contributed by atoms with E-state index in [1.54, 1.807) is 12.1 Å². The molecular weight excluding hydrogens is 476 g/mol. The van der Waals surface area contributed by atoms with Crippen LogP contribution < -0.4 is 15.4 Å².